The predicted octanol–water partition coefficient (Wildman–Crippen LogP) is 3.27. The largest absolute Gasteiger partial charge is 0.308 e. The minimum Gasteiger partial charge on any atom is -0.308 e. The van der Waals surface area contributed by atoms with Crippen LogP contribution >= 0.6 is 0 Å². The highest BCUT2D eigenvalue weighted by Gasteiger charge is 2.08. The molecule has 0 saturated heterocycles. The molecule has 0 aliphatic carbocycles. The van der Waals surface area contributed by atoms with E-state index >= 15 is 0 Å². The highest BCUT2D eigenvalue weighted by Crippen LogP contribution is 2.14. The molecular formula is C12H18FN. The Morgan fingerprint density at radius 2 is 2.07 bits per heavy atom. The summed E-state index contributed by atoms with van der Waals surface area (Å²) >= 11 is 0. The van der Waals surface area contributed by atoms with Gasteiger partial charge in [0.2, 0.25) is 0 Å². The minimum absolute atomic E-state index is 0.166. The van der Waals surface area contributed by atoms with E-state index in [0.717, 1.165) is 12.0 Å². The van der Waals surface area contributed by atoms with Crippen LogP contribution in [0.25, 0.3) is 0 Å². The van der Waals surface area contributed by atoms with Gasteiger partial charge in [-0.15, -0.1) is 0 Å². The van der Waals surface area contributed by atoms with E-state index in [1.54, 1.807) is 12.1 Å². The van der Waals surface area contributed by atoms with Gasteiger partial charge in [-0.3, -0.25) is 0 Å². The maximum Gasteiger partial charge on any atom is 0.123 e. The van der Waals surface area contributed by atoms with E-state index in [1.165, 1.54) is 6.07 Å². The van der Waals surface area contributed by atoms with Crippen LogP contribution in [0.4, 0.5) is 4.39 Å². The van der Waals surface area contributed by atoms with Gasteiger partial charge in [0.05, 0.1) is 0 Å². The molecule has 0 heterocycles. The third-order valence-electron chi connectivity index (χ3n) is 2.50. The van der Waals surface area contributed by atoms with Crippen LogP contribution in [0.1, 0.15) is 38.8 Å². The Kier molecular flexibility index (Phi) is 4.08. The van der Waals surface area contributed by atoms with Gasteiger partial charge in [0.1, 0.15) is 5.82 Å². The van der Waals surface area contributed by atoms with Crippen molar-refractivity contribution in [2.75, 3.05) is 0 Å². The van der Waals surface area contributed by atoms with Crippen molar-refractivity contribution < 1.29 is 4.39 Å². The number of nitrogens with one attached hydrogen (secondary N) is 1. The van der Waals surface area contributed by atoms with Gasteiger partial charge in [0.25, 0.3) is 0 Å². The predicted molar refractivity (Wildman–Crippen MR) is 57.7 cm³/mol. The monoisotopic (exact) mass is 195 g/mol. The lowest BCUT2D eigenvalue weighted by Gasteiger charge is -2.19. The van der Waals surface area contributed by atoms with Crippen LogP contribution in [0, 0.1) is 5.82 Å². The third-order valence-corrected chi connectivity index (χ3v) is 2.50. The van der Waals surface area contributed by atoms with E-state index in [2.05, 4.69) is 26.1 Å². The summed E-state index contributed by atoms with van der Waals surface area (Å²) in [7, 11) is 0. The quantitative estimate of drug-likeness (QED) is 0.777. The van der Waals surface area contributed by atoms with E-state index in [9.17, 15) is 4.39 Å². The first-order valence-corrected chi connectivity index (χ1v) is 5.15. The molecule has 2 heteroatoms. The molecule has 1 aromatic carbocycles. The number of hydrogen-bond acceptors (Lipinski definition) is 1. The highest BCUT2D eigenvalue weighted by molar-refractivity contribution is 5.19. The molecular weight excluding hydrogens is 177 g/mol. The fraction of sp³-hybridized carbons (Fsp3) is 0.500. The Morgan fingerprint density at radius 1 is 1.36 bits per heavy atom. The topological polar surface area (TPSA) is 12.0 Å². The molecule has 0 radical (unpaired) electrons. The number of benzene rings is 1. The maximum atomic E-state index is 12.9. The molecule has 78 valence electrons. The molecule has 0 aromatic heterocycles. The van der Waals surface area contributed by atoms with Crippen LogP contribution in [0.5, 0.6) is 0 Å². The molecule has 0 spiro atoms. The molecule has 14 heavy (non-hydrogen) atoms. The fourth-order valence-corrected chi connectivity index (χ4v) is 1.42. The van der Waals surface area contributed by atoms with Crippen molar-refractivity contribution in [2.45, 2.75) is 39.3 Å². The number of halogens is 1. The standard InChI is InChI=1S/C12H18FN/c1-4-9(2)14-10(3)11-6-5-7-12(13)8-11/h5-10,14H,4H2,1-3H3/t9-,10+/m1/s1. The molecule has 0 bridgehead atoms. The molecule has 0 unspecified atom stereocenters. The Balaban J connectivity index is 2.64. The van der Waals surface area contributed by atoms with Crippen molar-refractivity contribution in [1.29, 1.82) is 0 Å². The molecule has 1 rings (SSSR count). The van der Waals surface area contributed by atoms with Gasteiger partial charge in [-0.05, 0) is 38.0 Å². The second-order valence-corrected chi connectivity index (χ2v) is 3.75. The first-order valence-electron chi connectivity index (χ1n) is 5.15. The third kappa shape index (κ3) is 3.11. The summed E-state index contributed by atoms with van der Waals surface area (Å²) in [5.41, 5.74) is 1.00. The summed E-state index contributed by atoms with van der Waals surface area (Å²) in [4.78, 5) is 0. The smallest absolute Gasteiger partial charge is 0.123 e. The van der Waals surface area contributed by atoms with Crippen LogP contribution in [-0.2, 0) is 0 Å². The van der Waals surface area contributed by atoms with Gasteiger partial charge in [-0.1, -0.05) is 19.1 Å². The number of hydrogen-bond donors (Lipinski definition) is 1. The van der Waals surface area contributed by atoms with Crippen molar-refractivity contribution in [3.05, 3.63) is 35.6 Å². The molecule has 1 N–H and O–H groups in total. The van der Waals surface area contributed by atoms with E-state index in [4.69, 9.17) is 0 Å². The van der Waals surface area contributed by atoms with Crippen molar-refractivity contribution in [3.8, 4) is 0 Å². The minimum atomic E-state index is -0.166. The average molecular weight is 195 g/mol. The average Bonchev–Trinajstić information content (AvgIpc) is 2.17. The lowest BCUT2D eigenvalue weighted by molar-refractivity contribution is 0.467. The van der Waals surface area contributed by atoms with Gasteiger partial charge in [0.15, 0.2) is 0 Å². The van der Waals surface area contributed by atoms with Gasteiger partial charge in [-0.25, -0.2) is 4.39 Å². The van der Waals surface area contributed by atoms with E-state index < -0.39 is 0 Å². The second-order valence-electron chi connectivity index (χ2n) is 3.75. The van der Waals surface area contributed by atoms with Gasteiger partial charge < -0.3 is 5.32 Å². The second kappa shape index (κ2) is 5.11. The van der Waals surface area contributed by atoms with Crippen LogP contribution < -0.4 is 5.32 Å². The van der Waals surface area contributed by atoms with Crippen LogP contribution in [0.15, 0.2) is 24.3 Å². The van der Waals surface area contributed by atoms with Gasteiger partial charge in [0, 0.05) is 12.1 Å². The van der Waals surface area contributed by atoms with E-state index in [0.29, 0.717) is 6.04 Å². The molecule has 1 nitrogen and oxygen atoms in total. The Morgan fingerprint density at radius 3 is 2.64 bits per heavy atom. The Hall–Kier alpha value is -0.890. The molecule has 0 fully saturated rings. The van der Waals surface area contributed by atoms with Crippen molar-refractivity contribution >= 4 is 0 Å². The zero-order chi connectivity index (χ0) is 10.6. The molecule has 0 saturated carbocycles. The molecule has 0 aliphatic heterocycles. The molecule has 2 atom stereocenters. The Labute approximate surface area is 85.3 Å². The van der Waals surface area contributed by atoms with Crippen LogP contribution in [-0.4, -0.2) is 6.04 Å². The number of rotatable bonds is 4. The summed E-state index contributed by atoms with van der Waals surface area (Å²) in [6.45, 7) is 6.33. The van der Waals surface area contributed by atoms with Gasteiger partial charge >= 0.3 is 0 Å². The first kappa shape index (κ1) is 11.2. The van der Waals surface area contributed by atoms with Gasteiger partial charge in [-0.2, -0.15) is 0 Å². The van der Waals surface area contributed by atoms with Crippen LogP contribution in [0.3, 0.4) is 0 Å². The van der Waals surface area contributed by atoms with Crippen molar-refractivity contribution in [2.24, 2.45) is 0 Å². The first-order chi connectivity index (χ1) is 6.63. The van der Waals surface area contributed by atoms with Crippen molar-refractivity contribution in [3.63, 3.8) is 0 Å². The van der Waals surface area contributed by atoms with E-state index in [1.807, 2.05) is 6.07 Å². The summed E-state index contributed by atoms with van der Waals surface area (Å²) < 4.78 is 12.9. The SMILES string of the molecule is CC[C@@H](C)N[C@@H](C)c1cccc(F)c1. The summed E-state index contributed by atoms with van der Waals surface area (Å²) in [6, 6.07) is 7.43. The fourth-order valence-electron chi connectivity index (χ4n) is 1.42. The van der Waals surface area contributed by atoms with E-state index in [-0.39, 0.29) is 11.9 Å². The summed E-state index contributed by atoms with van der Waals surface area (Å²) in [6.07, 6.45) is 1.08. The zero-order valence-corrected chi connectivity index (χ0v) is 9.05. The zero-order valence-electron chi connectivity index (χ0n) is 9.05. The summed E-state index contributed by atoms with van der Waals surface area (Å²) in [5, 5.41) is 3.41. The lowest BCUT2D eigenvalue weighted by Crippen LogP contribution is -2.28. The Bertz CT molecular complexity index is 285. The normalized spacial score (nSPS) is 15.1. The molecule has 0 amide bonds. The molecule has 0 aliphatic rings. The van der Waals surface area contributed by atoms with Crippen LogP contribution in [0.2, 0.25) is 0 Å². The lowest BCUT2D eigenvalue weighted by atomic mass is 10.1. The molecule has 1 aromatic rings. The maximum absolute atomic E-state index is 12.9. The van der Waals surface area contributed by atoms with Crippen molar-refractivity contribution in [1.82, 2.24) is 5.32 Å². The summed E-state index contributed by atoms with van der Waals surface area (Å²) in [5.74, 6) is -0.166. The highest BCUT2D eigenvalue weighted by atomic mass is 19.1.